The minimum atomic E-state index is 0.313. The van der Waals surface area contributed by atoms with Crippen LogP contribution in [0.4, 0.5) is 11.6 Å². The van der Waals surface area contributed by atoms with Crippen LogP contribution in [0.2, 0.25) is 0 Å². The molecular formula is C16H21N5. The summed E-state index contributed by atoms with van der Waals surface area (Å²) < 4.78 is 0. The molecule has 0 radical (unpaired) electrons. The summed E-state index contributed by atoms with van der Waals surface area (Å²) >= 11 is 0. The Balaban J connectivity index is 1.86. The topological polar surface area (TPSA) is 58.3 Å². The highest BCUT2D eigenvalue weighted by atomic mass is 15.2. The van der Waals surface area contributed by atoms with Gasteiger partial charge in [0.2, 0.25) is 5.95 Å². The minimum Gasteiger partial charge on any atom is -0.369 e. The summed E-state index contributed by atoms with van der Waals surface area (Å²) in [7, 11) is 2.17. The van der Waals surface area contributed by atoms with E-state index < -0.39 is 0 Å². The zero-order valence-electron chi connectivity index (χ0n) is 12.6. The van der Waals surface area contributed by atoms with E-state index in [1.165, 1.54) is 11.3 Å². The van der Waals surface area contributed by atoms with Gasteiger partial charge in [-0.1, -0.05) is 6.07 Å². The van der Waals surface area contributed by atoms with E-state index in [-0.39, 0.29) is 0 Å². The summed E-state index contributed by atoms with van der Waals surface area (Å²) in [6.45, 7) is 6.54. The average Bonchev–Trinajstić information content (AvgIpc) is 2.48. The van der Waals surface area contributed by atoms with Crippen molar-refractivity contribution >= 4 is 11.6 Å². The van der Waals surface area contributed by atoms with E-state index in [1.54, 1.807) is 6.20 Å². The van der Waals surface area contributed by atoms with Crippen LogP contribution >= 0.6 is 0 Å². The SMILES string of the molecule is Cc1cc(-c2ccnc(N)n2)ccc1N1CCN(C)CC1. The quantitative estimate of drug-likeness (QED) is 0.910. The fraction of sp³-hybridized carbons (Fsp3) is 0.375. The van der Waals surface area contributed by atoms with Crippen LogP contribution < -0.4 is 10.6 Å². The molecule has 5 nitrogen and oxygen atoms in total. The molecule has 1 fully saturated rings. The molecule has 0 atom stereocenters. The van der Waals surface area contributed by atoms with Crippen LogP contribution in [0.1, 0.15) is 5.56 Å². The van der Waals surface area contributed by atoms with Crippen LogP contribution in [0.3, 0.4) is 0 Å². The third kappa shape index (κ3) is 2.97. The van der Waals surface area contributed by atoms with Gasteiger partial charge in [-0.05, 0) is 37.7 Å². The molecule has 1 aromatic carbocycles. The number of aryl methyl sites for hydroxylation is 1. The van der Waals surface area contributed by atoms with Gasteiger partial charge in [-0.3, -0.25) is 0 Å². The number of nitrogens with zero attached hydrogens (tertiary/aromatic N) is 4. The molecule has 0 saturated carbocycles. The van der Waals surface area contributed by atoms with Gasteiger partial charge in [0.25, 0.3) is 0 Å². The third-order valence-electron chi connectivity index (χ3n) is 4.01. The number of aromatic nitrogens is 2. The molecule has 2 heterocycles. The normalized spacial score (nSPS) is 16.2. The number of benzene rings is 1. The van der Waals surface area contributed by atoms with Crippen LogP contribution in [0.15, 0.2) is 30.5 Å². The van der Waals surface area contributed by atoms with Crippen molar-refractivity contribution in [3.63, 3.8) is 0 Å². The third-order valence-corrected chi connectivity index (χ3v) is 4.01. The highest BCUT2D eigenvalue weighted by Gasteiger charge is 2.16. The molecule has 1 aromatic heterocycles. The Bertz CT molecular complexity index is 632. The Morgan fingerprint density at radius 1 is 1.10 bits per heavy atom. The molecule has 110 valence electrons. The van der Waals surface area contributed by atoms with E-state index in [9.17, 15) is 0 Å². The summed E-state index contributed by atoms with van der Waals surface area (Å²) in [5, 5.41) is 0. The monoisotopic (exact) mass is 283 g/mol. The van der Waals surface area contributed by atoms with Crippen LogP contribution in [0.5, 0.6) is 0 Å². The van der Waals surface area contributed by atoms with Gasteiger partial charge in [0.1, 0.15) is 0 Å². The summed E-state index contributed by atoms with van der Waals surface area (Å²) in [6.07, 6.45) is 1.70. The number of piperazine rings is 1. The van der Waals surface area contributed by atoms with E-state index in [0.29, 0.717) is 5.95 Å². The number of likely N-dealkylation sites (N-methyl/N-ethyl adjacent to an activating group) is 1. The first-order valence-electron chi connectivity index (χ1n) is 7.26. The molecule has 3 rings (SSSR count). The van der Waals surface area contributed by atoms with Crippen LogP contribution in [0.25, 0.3) is 11.3 Å². The molecule has 2 aromatic rings. The zero-order valence-corrected chi connectivity index (χ0v) is 12.6. The van der Waals surface area contributed by atoms with E-state index in [4.69, 9.17) is 5.73 Å². The van der Waals surface area contributed by atoms with Gasteiger partial charge in [-0.2, -0.15) is 0 Å². The fourth-order valence-electron chi connectivity index (χ4n) is 2.75. The van der Waals surface area contributed by atoms with E-state index in [1.807, 2.05) is 6.07 Å². The number of hydrogen-bond acceptors (Lipinski definition) is 5. The molecule has 21 heavy (non-hydrogen) atoms. The Morgan fingerprint density at radius 2 is 1.86 bits per heavy atom. The second-order valence-electron chi connectivity index (χ2n) is 5.59. The number of anilines is 2. The van der Waals surface area contributed by atoms with Crippen LogP contribution in [0, 0.1) is 6.92 Å². The Hall–Kier alpha value is -2.14. The molecule has 1 aliphatic heterocycles. The van der Waals surface area contributed by atoms with Crippen molar-refractivity contribution in [3.05, 3.63) is 36.0 Å². The lowest BCUT2D eigenvalue weighted by Crippen LogP contribution is -2.44. The van der Waals surface area contributed by atoms with Crippen molar-refractivity contribution in [1.29, 1.82) is 0 Å². The van der Waals surface area contributed by atoms with Gasteiger partial charge >= 0.3 is 0 Å². The standard InChI is InChI=1S/C16H21N5/c1-12-11-13(14-5-6-18-16(17)19-14)3-4-15(12)21-9-7-20(2)8-10-21/h3-6,11H,7-10H2,1-2H3,(H2,17,18,19). The van der Waals surface area contributed by atoms with Gasteiger partial charge in [0, 0.05) is 43.6 Å². The molecule has 0 amide bonds. The van der Waals surface area contributed by atoms with Gasteiger partial charge < -0.3 is 15.5 Å². The first-order chi connectivity index (χ1) is 10.1. The van der Waals surface area contributed by atoms with Gasteiger partial charge in [-0.15, -0.1) is 0 Å². The van der Waals surface area contributed by atoms with E-state index in [0.717, 1.165) is 37.4 Å². The smallest absolute Gasteiger partial charge is 0.220 e. The van der Waals surface area contributed by atoms with Crippen LogP contribution in [-0.2, 0) is 0 Å². The summed E-state index contributed by atoms with van der Waals surface area (Å²) in [4.78, 5) is 13.0. The molecule has 0 aliphatic carbocycles. The van der Waals surface area contributed by atoms with E-state index >= 15 is 0 Å². The molecule has 2 N–H and O–H groups in total. The molecule has 0 bridgehead atoms. The number of rotatable bonds is 2. The van der Waals surface area contributed by atoms with Crippen LogP contribution in [-0.4, -0.2) is 48.1 Å². The zero-order chi connectivity index (χ0) is 14.8. The van der Waals surface area contributed by atoms with Crippen molar-refractivity contribution in [1.82, 2.24) is 14.9 Å². The Kier molecular flexibility index (Phi) is 3.75. The summed E-state index contributed by atoms with van der Waals surface area (Å²) in [5.41, 5.74) is 10.2. The number of nitrogen functional groups attached to an aromatic ring is 1. The first kappa shape index (κ1) is 13.8. The largest absolute Gasteiger partial charge is 0.369 e. The second-order valence-corrected chi connectivity index (χ2v) is 5.59. The lowest BCUT2D eigenvalue weighted by Gasteiger charge is -2.35. The van der Waals surface area contributed by atoms with Crippen molar-refractivity contribution in [2.75, 3.05) is 43.9 Å². The minimum absolute atomic E-state index is 0.313. The molecule has 5 heteroatoms. The van der Waals surface area contributed by atoms with Crippen molar-refractivity contribution < 1.29 is 0 Å². The van der Waals surface area contributed by atoms with Crippen molar-refractivity contribution in [2.24, 2.45) is 0 Å². The predicted octanol–water partition coefficient (Wildman–Crippen LogP) is 1.79. The molecule has 0 spiro atoms. The number of hydrogen-bond donors (Lipinski definition) is 1. The maximum Gasteiger partial charge on any atom is 0.220 e. The van der Waals surface area contributed by atoms with Crippen molar-refractivity contribution in [2.45, 2.75) is 6.92 Å². The predicted molar refractivity (Wildman–Crippen MR) is 86.3 cm³/mol. The van der Waals surface area contributed by atoms with Gasteiger partial charge in [-0.25, -0.2) is 9.97 Å². The lowest BCUT2D eigenvalue weighted by atomic mass is 10.1. The fourth-order valence-corrected chi connectivity index (χ4v) is 2.75. The molecule has 1 saturated heterocycles. The molecule has 0 unspecified atom stereocenters. The van der Waals surface area contributed by atoms with Crippen molar-refractivity contribution in [3.8, 4) is 11.3 Å². The lowest BCUT2D eigenvalue weighted by molar-refractivity contribution is 0.312. The summed E-state index contributed by atoms with van der Waals surface area (Å²) in [5.74, 6) is 0.313. The highest BCUT2D eigenvalue weighted by molar-refractivity contribution is 5.66. The Morgan fingerprint density at radius 3 is 2.52 bits per heavy atom. The maximum atomic E-state index is 5.66. The highest BCUT2D eigenvalue weighted by Crippen LogP contribution is 2.26. The Labute approximate surface area is 125 Å². The average molecular weight is 283 g/mol. The second kappa shape index (κ2) is 5.69. The molecular weight excluding hydrogens is 262 g/mol. The van der Waals surface area contributed by atoms with Gasteiger partial charge in [0.15, 0.2) is 0 Å². The maximum absolute atomic E-state index is 5.66. The van der Waals surface area contributed by atoms with E-state index in [2.05, 4.69) is 51.9 Å². The molecule has 1 aliphatic rings. The van der Waals surface area contributed by atoms with Gasteiger partial charge in [0.05, 0.1) is 5.69 Å². The summed E-state index contributed by atoms with van der Waals surface area (Å²) in [6, 6.07) is 8.37. The first-order valence-corrected chi connectivity index (χ1v) is 7.26. The number of nitrogens with two attached hydrogens (primary N) is 1.